The predicted octanol–water partition coefficient (Wildman–Crippen LogP) is -0.400. The second kappa shape index (κ2) is 6.60. The Morgan fingerprint density at radius 3 is 2.58 bits per heavy atom. The minimum atomic E-state index is -3.32. The van der Waals surface area contributed by atoms with Crippen molar-refractivity contribution in [3.8, 4) is 0 Å². The summed E-state index contributed by atoms with van der Waals surface area (Å²) in [6, 6.07) is 6.52. The molecule has 0 saturated carbocycles. The molecule has 0 atom stereocenters. The van der Waals surface area contributed by atoms with Crippen molar-refractivity contribution in [1.82, 2.24) is 10.0 Å². The summed E-state index contributed by atoms with van der Waals surface area (Å²) in [6.07, 6.45) is 0. The molecule has 0 fully saturated rings. The van der Waals surface area contributed by atoms with Crippen LogP contribution in [0.3, 0.4) is 0 Å². The maximum atomic E-state index is 11.8. The van der Waals surface area contributed by atoms with Crippen LogP contribution in [-0.2, 0) is 10.0 Å². The molecule has 0 saturated heterocycles. The van der Waals surface area contributed by atoms with Crippen molar-refractivity contribution in [2.45, 2.75) is 0 Å². The average molecular weight is 301 g/mol. The van der Waals surface area contributed by atoms with E-state index in [1.165, 1.54) is 7.05 Å². The zero-order chi connectivity index (χ0) is 14.5. The van der Waals surface area contributed by atoms with Crippen LogP contribution in [0, 0.1) is 0 Å². The number of carbonyl (C=O) groups is 1. The Morgan fingerprint density at radius 2 is 2.00 bits per heavy atom. The lowest BCUT2D eigenvalue weighted by molar-refractivity contribution is 0.0956. The van der Waals surface area contributed by atoms with Gasteiger partial charge < -0.3 is 11.1 Å². The van der Waals surface area contributed by atoms with E-state index < -0.39 is 10.0 Å². The average Bonchev–Trinajstić information content (AvgIpc) is 2.38. The zero-order valence-corrected chi connectivity index (χ0v) is 12.0. The van der Waals surface area contributed by atoms with Crippen molar-refractivity contribution in [1.29, 1.82) is 0 Å². The summed E-state index contributed by atoms with van der Waals surface area (Å²) in [5, 5.41) is 2.51. The summed E-state index contributed by atoms with van der Waals surface area (Å²) in [5.74, 6) is -0.547. The molecule has 104 valence electrons. The molecule has 0 heterocycles. The molecule has 6 nitrogen and oxygen atoms in total. The number of rotatable bonds is 6. The summed E-state index contributed by atoms with van der Waals surface area (Å²) in [6.45, 7) is 0.0271. The van der Waals surface area contributed by atoms with E-state index in [4.69, 9.17) is 18.0 Å². The van der Waals surface area contributed by atoms with Crippen LogP contribution in [0.1, 0.15) is 15.9 Å². The van der Waals surface area contributed by atoms with Gasteiger partial charge in [0.25, 0.3) is 5.91 Å². The lowest BCUT2D eigenvalue weighted by Crippen LogP contribution is -2.33. The molecule has 1 rings (SSSR count). The van der Waals surface area contributed by atoms with E-state index in [0.29, 0.717) is 11.1 Å². The molecule has 0 aliphatic heterocycles. The van der Waals surface area contributed by atoms with E-state index in [2.05, 4.69) is 10.0 Å². The fourth-order valence-electron chi connectivity index (χ4n) is 1.32. The Labute approximate surface area is 117 Å². The van der Waals surface area contributed by atoms with Gasteiger partial charge in [-0.05, 0) is 19.2 Å². The van der Waals surface area contributed by atoms with Crippen molar-refractivity contribution in [2.24, 2.45) is 5.73 Å². The van der Waals surface area contributed by atoms with Crippen molar-refractivity contribution in [3.63, 3.8) is 0 Å². The highest BCUT2D eigenvalue weighted by molar-refractivity contribution is 7.89. The van der Waals surface area contributed by atoms with Gasteiger partial charge in [0.1, 0.15) is 4.99 Å². The molecule has 1 aromatic carbocycles. The van der Waals surface area contributed by atoms with E-state index in [1.54, 1.807) is 24.3 Å². The normalized spacial score (nSPS) is 11.0. The van der Waals surface area contributed by atoms with Crippen molar-refractivity contribution in [2.75, 3.05) is 19.3 Å². The monoisotopic (exact) mass is 301 g/mol. The number of hydrogen-bond acceptors (Lipinski definition) is 4. The number of nitrogens with two attached hydrogens (primary N) is 1. The van der Waals surface area contributed by atoms with E-state index >= 15 is 0 Å². The summed E-state index contributed by atoms with van der Waals surface area (Å²) in [5.41, 5.74) is 6.44. The highest BCUT2D eigenvalue weighted by Crippen LogP contribution is 2.05. The molecule has 19 heavy (non-hydrogen) atoms. The Morgan fingerprint density at radius 1 is 1.37 bits per heavy atom. The Hall–Kier alpha value is -1.51. The molecule has 0 spiro atoms. The highest BCUT2D eigenvalue weighted by atomic mass is 32.2. The van der Waals surface area contributed by atoms with E-state index in [1.807, 2.05) is 0 Å². The van der Waals surface area contributed by atoms with Gasteiger partial charge in [0.05, 0.1) is 5.75 Å². The van der Waals surface area contributed by atoms with Crippen LogP contribution in [0.25, 0.3) is 0 Å². The molecule has 0 unspecified atom stereocenters. The summed E-state index contributed by atoms with van der Waals surface area (Å²) in [4.78, 5) is 12.0. The number of benzene rings is 1. The van der Waals surface area contributed by atoms with Crippen LogP contribution in [0.15, 0.2) is 24.3 Å². The lowest BCUT2D eigenvalue weighted by Gasteiger charge is -2.06. The van der Waals surface area contributed by atoms with Gasteiger partial charge in [0.15, 0.2) is 0 Å². The van der Waals surface area contributed by atoms with E-state index in [9.17, 15) is 13.2 Å². The highest BCUT2D eigenvalue weighted by Gasteiger charge is 2.10. The molecular weight excluding hydrogens is 286 g/mol. The van der Waals surface area contributed by atoms with Crippen LogP contribution in [-0.4, -0.2) is 38.7 Å². The first kappa shape index (κ1) is 15.5. The summed E-state index contributed by atoms with van der Waals surface area (Å²) >= 11 is 4.82. The van der Waals surface area contributed by atoms with Gasteiger partial charge in [0, 0.05) is 17.7 Å². The SMILES string of the molecule is CNS(=O)(=O)CCNC(=O)c1cccc(C(N)=S)c1. The van der Waals surface area contributed by atoms with Gasteiger partial charge in [-0.15, -0.1) is 0 Å². The number of carbonyl (C=O) groups excluding carboxylic acids is 1. The summed E-state index contributed by atoms with van der Waals surface area (Å²) in [7, 11) is -2.00. The van der Waals surface area contributed by atoms with Gasteiger partial charge in [-0.1, -0.05) is 24.4 Å². The maximum Gasteiger partial charge on any atom is 0.251 e. The second-order valence-electron chi connectivity index (χ2n) is 3.72. The number of nitrogens with one attached hydrogen (secondary N) is 2. The standard InChI is InChI=1S/C11H15N3O3S2/c1-13-19(16,17)6-5-14-11(15)9-4-2-3-8(7-9)10(12)18/h2-4,7,13H,5-6H2,1H3,(H2,12,18)(H,14,15). The van der Waals surface area contributed by atoms with Gasteiger partial charge in [-0.25, -0.2) is 13.1 Å². The van der Waals surface area contributed by atoms with Crippen LogP contribution in [0.4, 0.5) is 0 Å². The first-order valence-electron chi connectivity index (χ1n) is 5.45. The number of hydrogen-bond donors (Lipinski definition) is 3. The van der Waals surface area contributed by atoms with Crippen LogP contribution < -0.4 is 15.8 Å². The lowest BCUT2D eigenvalue weighted by atomic mass is 10.1. The molecule has 0 bridgehead atoms. The van der Waals surface area contributed by atoms with Gasteiger partial charge in [-0.2, -0.15) is 0 Å². The van der Waals surface area contributed by atoms with E-state index in [0.717, 1.165) is 0 Å². The predicted molar refractivity (Wildman–Crippen MR) is 77.5 cm³/mol. The molecule has 1 aromatic rings. The van der Waals surface area contributed by atoms with E-state index in [-0.39, 0.29) is 23.2 Å². The first-order chi connectivity index (χ1) is 8.85. The van der Waals surface area contributed by atoms with Gasteiger partial charge >= 0.3 is 0 Å². The molecule has 0 aliphatic carbocycles. The van der Waals surface area contributed by atoms with Crippen molar-refractivity contribution >= 4 is 33.1 Å². The molecule has 1 amide bonds. The third-order valence-corrected chi connectivity index (χ3v) is 3.98. The zero-order valence-electron chi connectivity index (χ0n) is 10.3. The summed E-state index contributed by atoms with van der Waals surface area (Å²) < 4.78 is 24.5. The van der Waals surface area contributed by atoms with Crippen molar-refractivity contribution < 1.29 is 13.2 Å². The molecule has 0 aliphatic rings. The Kier molecular flexibility index (Phi) is 5.40. The molecule has 0 aromatic heterocycles. The number of sulfonamides is 1. The fraction of sp³-hybridized carbons (Fsp3) is 0.273. The molecule has 8 heteroatoms. The maximum absolute atomic E-state index is 11.8. The third-order valence-electron chi connectivity index (χ3n) is 2.38. The first-order valence-corrected chi connectivity index (χ1v) is 7.51. The quantitative estimate of drug-likeness (QED) is 0.621. The van der Waals surface area contributed by atoms with Crippen molar-refractivity contribution in [3.05, 3.63) is 35.4 Å². The smallest absolute Gasteiger partial charge is 0.251 e. The van der Waals surface area contributed by atoms with Gasteiger partial charge in [-0.3, -0.25) is 4.79 Å². The minimum absolute atomic E-state index is 0.0271. The van der Waals surface area contributed by atoms with Crippen LogP contribution in [0.2, 0.25) is 0 Å². The van der Waals surface area contributed by atoms with Gasteiger partial charge in [0.2, 0.25) is 10.0 Å². The number of thiocarbonyl (C=S) groups is 1. The third kappa shape index (κ3) is 4.93. The fourth-order valence-corrected chi connectivity index (χ4v) is 2.02. The molecule has 4 N–H and O–H groups in total. The van der Waals surface area contributed by atoms with Crippen LogP contribution in [0.5, 0.6) is 0 Å². The minimum Gasteiger partial charge on any atom is -0.389 e. The molecule has 0 radical (unpaired) electrons. The second-order valence-corrected chi connectivity index (χ2v) is 6.21. The Bertz CT molecular complexity index is 585. The Balaban J connectivity index is 2.64. The largest absolute Gasteiger partial charge is 0.389 e. The van der Waals surface area contributed by atoms with Crippen LogP contribution >= 0.6 is 12.2 Å². The molecular formula is C11H15N3O3S2. The number of amides is 1. The topological polar surface area (TPSA) is 101 Å².